The summed E-state index contributed by atoms with van der Waals surface area (Å²) in [7, 11) is 0. The molecule has 0 unspecified atom stereocenters. The lowest BCUT2D eigenvalue weighted by Gasteiger charge is -2.15. The number of halogens is 1. The minimum atomic E-state index is -0.383. The highest BCUT2D eigenvalue weighted by molar-refractivity contribution is 5.77. The van der Waals surface area contributed by atoms with Crippen LogP contribution in [0.2, 0.25) is 0 Å². The van der Waals surface area contributed by atoms with E-state index in [1.165, 1.54) is 12.1 Å². The van der Waals surface area contributed by atoms with Crippen molar-refractivity contribution < 1.29 is 13.9 Å². The van der Waals surface area contributed by atoms with Crippen molar-refractivity contribution in [3.63, 3.8) is 0 Å². The highest BCUT2D eigenvalue weighted by atomic mass is 19.1. The second-order valence-corrected chi connectivity index (χ2v) is 4.70. The third kappa shape index (κ3) is 5.57. The van der Waals surface area contributed by atoms with Gasteiger partial charge in [0.25, 0.3) is 5.91 Å². The van der Waals surface area contributed by atoms with Crippen LogP contribution >= 0.6 is 0 Å². The molecule has 0 atom stereocenters. The standard InChI is InChI=1S/C15H23FN2O2/c1-3-13(4-2)18-15(19)10-20-14-8-11(5-6-17)7-12(16)9-14/h7-9,13H,3-6,10,17H2,1-2H3,(H,18,19). The van der Waals surface area contributed by atoms with E-state index >= 15 is 0 Å². The number of hydrogen-bond acceptors (Lipinski definition) is 3. The Hall–Kier alpha value is -1.62. The number of benzene rings is 1. The summed E-state index contributed by atoms with van der Waals surface area (Å²) in [6, 6.07) is 4.56. The van der Waals surface area contributed by atoms with Crippen LogP contribution < -0.4 is 15.8 Å². The molecule has 0 aliphatic rings. The van der Waals surface area contributed by atoms with Gasteiger partial charge in [0.2, 0.25) is 0 Å². The number of carbonyl (C=O) groups is 1. The number of carbonyl (C=O) groups excluding carboxylic acids is 1. The molecule has 0 aliphatic heterocycles. The minimum Gasteiger partial charge on any atom is -0.484 e. The van der Waals surface area contributed by atoms with E-state index in [-0.39, 0.29) is 24.4 Å². The second-order valence-electron chi connectivity index (χ2n) is 4.70. The van der Waals surface area contributed by atoms with Gasteiger partial charge in [0.05, 0.1) is 0 Å². The molecule has 112 valence electrons. The van der Waals surface area contributed by atoms with Gasteiger partial charge in [0.15, 0.2) is 6.61 Å². The molecule has 1 rings (SSSR count). The Morgan fingerprint density at radius 1 is 1.35 bits per heavy atom. The molecule has 0 heterocycles. The first-order valence-electron chi connectivity index (χ1n) is 7.00. The highest BCUT2D eigenvalue weighted by Gasteiger charge is 2.09. The fourth-order valence-electron chi connectivity index (χ4n) is 1.93. The molecule has 0 bridgehead atoms. The van der Waals surface area contributed by atoms with Crippen LogP contribution in [0.4, 0.5) is 4.39 Å². The average Bonchev–Trinajstić information content (AvgIpc) is 2.42. The molecular weight excluding hydrogens is 259 g/mol. The highest BCUT2D eigenvalue weighted by Crippen LogP contribution is 2.16. The van der Waals surface area contributed by atoms with Crippen molar-refractivity contribution in [1.82, 2.24) is 5.32 Å². The fraction of sp³-hybridized carbons (Fsp3) is 0.533. The summed E-state index contributed by atoms with van der Waals surface area (Å²) < 4.78 is 18.7. The molecular formula is C15H23FN2O2. The van der Waals surface area contributed by atoms with Crippen LogP contribution in [-0.4, -0.2) is 25.1 Å². The fourth-order valence-corrected chi connectivity index (χ4v) is 1.93. The number of nitrogens with two attached hydrogens (primary N) is 1. The zero-order chi connectivity index (χ0) is 15.0. The Labute approximate surface area is 119 Å². The van der Waals surface area contributed by atoms with Crippen LogP contribution in [0, 0.1) is 5.82 Å². The predicted molar refractivity (Wildman–Crippen MR) is 77.2 cm³/mol. The van der Waals surface area contributed by atoms with Gasteiger partial charge < -0.3 is 15.8 Å². The summed E-state index contributed by atoms with van der Waals surface area (Å²) >= 11 is 0. The van der Waals surface area contributed by atoms with E-state index in [0.29, 0.717) is 18.7 Å². The second kappa shape index (κ2) is 8.53. The van der Waals surface area contributed by atoms with E-state index in [1.807, 2.05) is 13.8 Å². The molecule has 0 aromatic heterocycles. The maximum Gasteiger partial charge on any atom is 0.258 e. The molecule has 0 saturated heterocycles. The van der Waals surface area contributed by atoms with Crippen LogP contribution in [0.25, 0.3) is 0 Å². The van der Waals surface area contributed by atoms with Crippen molar-refractivity contribution in [1.29, 1.82) is 0 Å². The van der Waals surface area contributed by atoms with Crippen molar-refractivity contribution in [2.24, 2.45) is 5.73 Å². The Morgan fingerprint density at radius 3 is 2.65 bits per heavy atom. The van der Waals surface area contributed by atoms with E-state index in [9.17, 15) is 9.18 Å². The van der Waals surface area contributed by atoms with Crippen molar-refractivity contribution in [3.8, 4) is 5.75 Å². The van der Waals surface area contributed by atoms with E-state index in [0.717, 1.165) is 18.4 Å². The van der Waals surface area contributed by atoms with E-state index in [2.05, 4.69) is 5.32 Å². The summed E-state index contributed by atoms with van der Waals surface area (Å²) in [5.74, 6) is -0.220. The first kappa shape index (κ1) is 16.4. The summed E-state index contributed by atoms with van der Waals surface area (Å²) in [6.45, 7) is 4.36. The molecule has 0 saturated carbocycles. The maximum atomic E-state index is 13.4. The largest absolute Gasteiger partial charge is 0.484 e. The number of nitrogens with one attached hydrogen (secondary N) is 1. The molecule has 5 heteroatoms. The van der Waals surface area contributed by atoms with Gasteiger partial charge in [-0.1, -0.05) is 13.8 Å². The molecule has 0 fully saturated rings. The topological polar surface area (TPSA) is 64.3 Å². The lowest BCUT2D eigenvalue weighted by atomic mass is 10.1. The van der Waals surface area contributed by atoms with Gasteiger partial charge >= 0.3 is 0 Å². The zero-order valence-electron chi connectivity index (χ0n) is 12.1. The maximum absolute atomic E-state index is 13.4. The van der Waals surface area contributed by atoms with E-state index in [1.54, 1.807) is 6.07 Å². The monoisotopic (exact) mass is 282 g/mol. The van der Waals surface area contributed by atoms with Crippen molar-refractivity contribution in [3.05, 3.63) is 29.6 Å². The Morgan fingerprint density at radius 2 is 2.05 bits per heavy atom. The molecule has 0 radical (unpaired) electrons. The van der Waals surface area contributed by atoms with Crippen LogP contribution in [-0.2, 0) is 11.2 Å². The van der Waals surface area contributed by atoms with Gasteiger partial charge in [0.1, 0.15) is 11.6 Å². The predicted octanol–water partition coefficient (Wildman–Crippen LogP) is 2.01. The first-order chi connectivity index (χ1) is 9.58. The molecule has 1 aromatic carbocycles. The average molecular weight is 282 g/mol. The molecule has 3 N–H and O–H groups in total. The molecule has 20 heavy (non-hydrogen) atoms. The number of ether oxygens (including phenoxy) is 1. The van der Waals surface area contributed by atoms with Gasteiger partial charge in [-0.05, 0) is 43.5 Å². The smallest absolute Gasteiger partial charge is 0.258 e. The number of rotatable bonds is 8. The lowest BCUT2D eigenvalue weighted by molar-refractivity contribution is -0.123. The third-order valence-corrected chi connectivity index (χ3v) is 3.08. The van der Waals surface area contributed by atoms with Crippen LogP contribution in [0.5, 0.6) is 5.75 Å². The summed E-state index contributed by atoms with van der Waals surface area (Å²) in [5, 5.41) is 2.86. The zero-order valence-corrected chi connectivity index (χ0v) is 12.1. The summed E-state index contributed by atoms with van der Waals surface area (Å²) in [4.78, 5) is 11.7. The van der Waals surface area contributed by atoms with Gasteiger partial charge in [-0.2, -0.15) is 0 Å². The van der Waals surface area contributed by atoms with Gasteiger partial charge in [0, 0.05) is 12.1 Å². The van der Waals surface area contributed by atoms with E-state index < -0.39 is 0 Å². The molecule has 0 aliphatic carbocycles. The van der Waals surface area contributed by atoms with Crippen LogP contribution in [0.1, 0.15) is 32.3 Å². The Balaban J connectivity index is 2.54. The SMILES string of the molecule is CCC(CC)NC(=O)COc1cc(F)cc(CCN)c1. The van der Waals surface area contributed by atoms with Gasteiger partial charge in [-0.25, -0.2) is 4.39 Å². The van der Waals surface area contributed by atoms with E-state index in [4.69, 9.17) is 10.5 Å². The van der Waals surface area contributed by atoms with Gasteiger partial charge in [-0.15, -0.1) is 0 Å². The molecule has 4 nitrogen and oxygen atoms in total. The summed E-state index contributed by atoms with van der Waals surface area (Å²) in [5.41, 5.74) is 6.21. The number of amides is 1. The van der Waals surface area contributed by atoms with Crippen molar-refractivity contribution in [2.45, 2.75) is 39.2 Å². The van der Waals surface area contributed by atoms with Crippen molar-refractivity contribution in [2.75, 3.05) is 13.2 Å². The van der Waals surface area contributed by atoms with Crippen LogP contribution in [0.3, 0.4) is 0 Å². The third-order valence-electron chi connectivity index (χ3n) is 3.08. The Kier molecular flexibility index (Phi) is 7.01. The Bertz CT molecular complexity index is 434. The minimum absolute atomic E-state index is 0.109. The van der Waals surface area contributed by atoms with Crippen molar-refractivity contribution >= 4 is 5.91 Å². The van der Waals surface area contributed by atoms with Gasteiger partial charge in [-0.3, -0.25) is 4.79 Å². The lowest BCUT2D eigenvalue weighted by Crippen LogP contribution is -2.37. The first-order valence-corrected chi connectivity index (χ1v) is 7.00. The quantitative estimate of drug-likeness (QED) is 0.766. The molecule has 1 aromatic rings. The summed E-state index contributed by atoms with van der Waals surface area (Å²) in [6.07, 6.45) is 2.33. The molecule has 0 spiro atoms. The van der Waals surface area contributed by atoms with Crippen LogP contribution in [0.15, 0.2) is 18.2 Å². The normalized spacial score (nSPS) is 10.7. The number of hydrogen-bond donors (Lipinski definition) is 2. The molecule has 1 amide bonds.